The Hall–Kier alpha value is -1.68. The molecule has 2 aliphatic rings. The molecule has 0 bridgehead atoms. The molecule has 150 valence electrons. The normalized spacial score (nSPS) is 22.2. The molecule has 1 aromatic carbocycles. The third-order valence-electron chi connectivity index (χ3n) is 5.04. The topological polar surface area (TPSA) is 41.7 Å². The second kappa shape index (κ2) is 10.2. The first-order valence-corrected chi connectivity index (χ1v) is 10.1. The lowest BCUT2D eigenvalue weighted by molar-refractivity contribution is -0.126. The van der Waals surface area contributed by atoms with Crippen LogP contribution in [0.1, 0.15) is 37.8 Å². The summed E-state index contributed by atoms with van der Waals surface area (Å²) in [5.41, 5.74) is 1.42. The van der Waals surface area contributed by atoms with Crippen molar-refractivity contribution in [1.29, 1.82) is 0 Å². The van der Waals surface area contributed by atoms with Crippen molar-refractivity contribution < 1.29 is 14.0 Å². The van der Waals surface area contributed by atoms with E-state index in [0.29, 0.717) is 25.1 Å². The van der Waals surface area contributed by atoms with Crippen molar-refractivity contribution in [1.82, 2.24) is 4.90 Å². The highest BCUT2D eigenvalue weighted by atomic mass is 35.5. The maximum absolute atomic E-state index is 14.5. The van der Waals surface area contributed by atoms with E-state index in [1.54, 1.807) is 25.1 Å². The van der Waals surface area contributed by atoms with Crippen LogP contribution in [-0.2, 0) is 9.59 Å². The van der Waals surface area contributed by atoms with Crippen LogP contribution in [-0.4, -0.2) is 40.7 Å². The first-order chi connectivity index (χ1) is 13.0. The molecule has 2 unspecified atom stereocenters. The van der Waals surface area contributed by atoms with Gasteiger partial charge in [-0.05, 0) is 37.0 Å². The number of carbonyl (C=O) groups excluding carboxylic acids is 2. The van der Waals surface area contributed by atoms with E-state index in [4.69, 9.17) is 6.57 Å². The molecule has 1 aromatic rings. The second-order valence-electron chi connectivity index (χ2n) is 7.08. The van der Waals surface area contributed by atoms with Gasteiger partial charge >= 0.3 is 0 Å². The van der Waals surface area contributed by atoms with Crippen molar-refractivity contribution in [3.63, 3.8) is 0 Å². The smallest absolute Gasteiger partial charge is 0.233 e. The molecule has 1 saturated carbocycles. The summed E-state index contributed by atoms with van der Waals surface area (Å²) in [6.07, 6.45) is 4.32. The number of piperidine rings is 1. The minimum absolute atomic E-state index is 0. The summed E-state index contributed by atoms with van der Waals surface area (Å²) >= 11 is 1.28. The van der Waals surface area contributed by atoms with E-state index in [0.717, 1.165) is 18.4 Å². The molecule has 0 spiro atoms. The maximum Gasteiger partial charge on any atom is 0.233 e. The molecule has 1 heterocycles. The minimum atomic E-state index is -0.599. The quantitative estimate of drug-likeness (QED) is 0.501. The summed E-state index contributed by atoms with van der Waals surface area (Å²) in [4.78, 5) is 30.0. The maximum atomic E-state index is 14.5. The summed E-state index contributed by atoms with van der Waals surface area (Å²) in [6, 6.07) is 5.89. The lowest BCUT2D eigenvalue weighted by Crippen LogP contribution is -2.43. The molecule has 1 aliphatic carbocycles. The molecule has 1 aliphatic heterocycles. The van der Waals surface area contributed by atoms with E-state index in [1.165, 1.54) is 17.8 Å². The Balaban J connectivity index is 0.00000280. The fraction of sp³-hybridized carbons (Fsp3) is 0.476. The molecule has 0 amide bonds. The number of carbonyl (C=O) groups is 2. The van der Waals surface area contributed by atoms with Crippen LogP contribution in [0.4, 0.5) is 4.39 Å². The largest absolute Gasteiger partial charge is 0.312 e. The van der Waals surface area contributed by atoms with Crippen LogP contribution in [0, 0.1) is 18.3 Å². The Morgan fingerprint density at radius 1 is 1.36 bits per heavy atom. The van der Waals surface area contributed by atoms with Crippen molar-refractivity contribution in [3.05, 3.63) is 58.7 Å². The van der Waals surface area contributed by atoms with Crippen LogP contribution in [0.2, 0.25) is 0 Å². The van der Waals surface area contributed by atoms with Gasteiger partial charge in [-0.2, -0.15) is 0 Å². The highest BCUT2D eigenvalue weighted by Gasteiger charge is 2.41. The van der Waals surface area contributed by atoms with Crippen molar-refractivity contribution >= 4 is 35.1 Å². The predicted octanol–water partition coefficient (Wildman–Crippen LogP) is 4.47. The lowest BCUT2D eigenvalue weighted by atomic mass is 9.93. The van der Waals surface area contributed by atoms with Crippen molar-refractivity contribution in [2.24, 2.45) is 5.92 Å². The Morgan fingerprint density at radius 3 is 2.68 bits per heavy atom. The molecule has 0 aromatic heterocycles. The van der Waals surface area contributed by atoms with Gasteiger partial charge in [0, 0.05) is 36.7 Å². The number of halogens is 2. The molecule has 3 rings (SSSR count). The van der Waals surface area contributed by atoms with Crippen LogP contribution >= 0.6 is 24.2 Å². The lowest BCUT2D eigenvalue weighted by Gasteiger charge is -2.38. The van der Waals surface area contributed by atoms with Gasteiger partial charge in [-0.1, -0.05) is 30.0 Å². The van der Waals surface area contributed by atoms with Crippen LogP contribution in [0.3, 0.4) is 0 Å². The number of likely N-dealkylation sites (tertiary alicyclic amines) is 1. The number of hydrogen-bond donors (Lipinski definition) is 0. The monoisotopic (exact) mass is 422 g/mol. The molecule has 7 heteroatoms. The molecule has 2 fully saturated rings. The van der Waals surface area contributed by atoms with E-state index in [9.17, 15) is 14.0 Å². The van der Waals surface area contributed by atoms with Crippen molar-refractivity contribution in [2.75, 3.05) is 19.6 Å². The van der Waals surface area contributed by atoms with Crippen molar-refractivity contribution in [2.45, 2.75) is 37.5 Å². The second-order valence-corrected chi connectivity index (χ2v) is 8.46. The van der Waals surface area contributed by atoms with Gasteiger partial charge in [0.25, 0.3) is 0 Å². The Kier molecular flexibility index (Phi) is 8.23. The number of rotatable bonds is 6. The number of benzene rings is 1. The van der Waals surface area contributed by atoms with Gasteiger partial charge < -0.3 is 4.85 Å². The summed E-state index contributed by atoms with van der Waals surface area (Å²) in [7, 11) is 0. The molecule has 2 atom stereocenters. The average Bonchev–Trinajstić information content (AvgIpc) is 3.48. The van der Waals surface area contributed by atoms with E-state index >= 15 is 0 Å². The molecular formula is C21H24ClFN2O2S. The van der Waals surface area contributed by atoms with Crippen molar-refractivity contribution in [3.8, 4) is 0 Å². The fourth-order valence-corrected chi connectivity index (χ4v) is 4.56. The van der Waals surface area contributed by atoms with Crippen LogP contribution in [0.5, 0.6) is 0 Å². The van der Waals surface area contributed by atoms with Crippen LogP contribution in [0.25, 0.3) is 4.85 Å². The Morgan fingerprint density at radius 2 is 2.07 bits per heavy atom. The average molecular weight is 423 g/mol. The van der Waals surface area contributed by atoms with Gasteiger partial charge in [0.2, 0.25) is 6.54 Å². The number of thioether (sulfide) groups is 1. The molecule has 1 saturated heterocycles. The molecule has 4 nitrogen and oxygen atoms in total. The summed E-state index contributed by atoms with van der Waals surface area (Å²) < 4.78 is 14.5. The molecule has 28 heavy (non-hydrogen) atoms. The van der Waals surface area contributed by atoms with Gasteiger partial charge in [0.1, 0.15) is 5.82 Å². The summed E-state index contributed by atoms with van der Waals surface area (Å²) in [5.74, 6) is -0.250. The third kappa shape index (κ3) is 5.44. The van der Waals surface area contributed by atoms with Gasteiger partial charge in [0.15, 0.2) is 10.9 Å². The standard InChI is InChI=1S/C21H23FN2O2S.ClH/c1-14(25)27-19-10-12-24(13-16(19)9-11-23-2)20(21(26)15-7-8-15)17-5-3-4-6-18(17)22;/h3-6,9,15,19-20H,7-8,10-13H2,1H3;1H/b16-9-;. The van der Waals surface area contributed by atoms with Crippen LogP contribution in [0.15, 0.2) is 35.9 Å². The zero-order valence-electron chi connectivity index (χ0n) is 15.8. The predicted molar refractivity (Wildman–Crippen MR) is 112 cm³/mol. The van der Waals surface area contributed by atoms with E-state index < -0.39 is 6.04 Å². The number of nitrogens with zero attached hydrogens (tertiary/aromatic N) is 2. The Labute approximate surface area is 175 Å². The summed E-state index contributed by atoms with van der Waals surface area (Å²) in [5, 5.41) is 0.0691. The zero-order valence-corrected chi connectivity index (χ0v) is 17.4. The van der Waals surface area contributed by atoms with Gasteiger partial charge in [0.05, 0.1) is 6.04 Å². The van der Waals surface area contributed by atoms with E-state index in [-0.39, 0.29) is 46.8 Å². The van der Waals surface area contributed by atoms with Gasteiger partial charge in [-0.15, -0.1) is 12.4 Å². The first-order valence-electron chi connectivity index (χ1n) is 9.22. The van der Waals surface area contributed by atoms with Crippen LogP contribution < -0.4 is 0 Å². The SMILES string of the molecule is Cl.[C-]#[N+]C/C=C1/CN(C(C(=O)C2CC2)c2ccccc2F)CCC1SC(C)=O. The van der Waals surface area contributed by atoms with E-state index in [2.05, 4.69) is 4.85 Å². The van der Waals surface area contributed by atoms with Gasteiger partial charge in [-0.25, -0.2) is 11.0 Å². The minimum Gasteiger partial charge on any atom is -0.312 e. The zero-order chi connectivity index (χ0) is 19.4. The fourth-order valence-electron chi connectivity index (χ4n) is 3.62. The third-order valence-corrected chi connectivity index (χ3v) is 6.20. The molecule has 0 radical (unpaired) electrons. The molecular weight excluding hydrogens is 399 g/mol. The Bertz CT molecular complexity index is 804. The number of ketones is 1. The summed E-state index contributed by atoms with van der Waals surface area (Å²) in [6.45, 7) is 9.95. The highest BCUT2D eigenvalue weighted by molar-refractivity contribution is 8.14. The highest BCUT2D eigenvalue weighted by Crippen LogP contribution is 2.40. The van der Waals surface area contributed by atoms with Gasteiger partial charge in [-0.3, -0.25) is 14.5 Å². The number of Topliss-reactive ketones (excluding diaryl/α,β-unsaturated/α-hetero) is 1. The van der Waals surface area contributed by atoms with E-state index in [1.807, 2.05) is 11.0 Å². The molecule has 0 N–H and O–H groups in total. The first kappa shape index (κ1) is 22.6. The number of hydrogen-bond acceptors (Lipinski definition) is 4.